The van der Waals surface area contributed by atoms with Gasteiger partial charge in [0.05, 0.1) is 11.7 Å². The molecule has 0 aromatic heterocycles. The van der Waals surface area contributed by atoms with Gasteiger partial charge < -0.3 is 23.5 Å². The van der Waals surface area contributed by atoms with Crippen LogP contribution in [0, 0.1) is 17.3 Å². The van der Waals surface area contributed by atoms with Crippen LogP contribution in [-0.4, -0.2) is 43.9 Å². The number of rotatable bonds is 5. The Morgan fingerprint density at radius 1 is 1.12 bits per heavy atom. The van der Waals surface area contributed by atoms with E-state index in [0.717, 1.165) is 18.4 Å². The molecule has 6 nitrogen and oxygen atoms in total. The van der Waals surface area contributed by atoms with Gasteiger partial charge in [0.1, 0.15) is 30.3 Å². The van der Waals surface area contributed by atoms with E-state index in [0.29, 0.717) is 23.0 Å². The summed E-state index contributed by atoms with van der Waals surface area (Å²) in [4.78, 5) is 12.8. The molecular formula is C25H32BFO6. The Kier molecular flexibility index (Phi) is 4.53. The molecule has 1 aromatic carbocycles. The highest BCUT2D eigenvalue weighted by atomic mass is 19.1. The van der Waals surface area contributed by atoms with E-state index in [1.807, 2.05) is 6.07 Å². The molecule has 1 saturated heterocycles. The summed E-state index contributed by atoms with van der Waals surface area (Å²) < 4.78 is 42.9. The summed E-state index contributed by atoms with van der Waals surface area (Å²) in [5.41, 5.74) is 1.24. The van der Waals surface area contributed by atoms with Crippen LogP contribution in [0.15, 0.2) is 12.1 Å². The molecule has 4 saturated carbocycles. The fourth-order valence-electron chi connectivity index (χ4n) is 6.94. The first-order valence-electron chi connectivity index (χ1n) is 12.2. The van der Waals surface area contributed by atoms with Crippen molar-refractivity contribution in [3.05, 3.63) is 23.3 Å². The molecule has 5 unspecified atom stereocenters. The first-order valence-corrected chi connectivity index (χ1v) is 12.2. The third-order valence-corrected chi connectivity index (χ3v) is 8.93. The molecule has 2 bridgehead atoms. The fraction of sp³-hybridized carbons (Fsp3) is 0.720. The number of esters is 1. The van der Waals surface area contributed by atoms with Crippen molar-refractivity contribution in [1.82, 2.24) is 0 Å². The average Bonchev–Trinajstić information content (AvgIpc) is 3.43. The van der Waals surface area contributed by atoms with E-state index in [1.165, 1.54) is 6.42 Å². The lowest BCUT2D eigenvalue weighted by Gasteiger charge is -2.64. The van der Waals surface area contributed by atoms with Crippen LogP contribution in [-0.2, 0) is 14.0 Å². The zero-order valence-electron chi connectivity index (χ0n) is 20.0. The van der Waals surface area contributed by atoms with Crippen molar-refractivity contribution in [1.29, 1.82) is 0 Å². The van der Waals surface area contributed by atoms with Crippen molar-refractivity contribution in [2.75, 3.05) is 13.3 Å². The zero-order chi connectivity index (χ0) is 23.3. The smallest absolute Gasteiger partial charge is 0.461 e. The molecule has 0 amide bonds. The molecule has 33 heavy (non-hydrogen) atoms. The topological polar surface area (TPSA) is 63.2 Å². The van der Waals surface area contributed by atoms with Gasteiger partial charge in [0.2, 0.25) is 5.79 Å². The highest BCUT2D eigenvalue weighted by Crippen LogP contribution is 2.68. The maximum atomic E-state index is 12.8. The molecule has 0 spiro atoms. The van der Waals surface area contributed by atoms with E-state index in [9.17, 15) is 9.18 Å². The molecule has 4 aliphatic carbocycles. The molecule has 2 heterocycles. The van der Waals surface area contributed by atoms with E-state index in [4.69, 9.17) is 23.5 Å². The predicted octanol–water partition coefficient (Wildman–Crippen LogP) is 4.91. The lowest BCUT2D eigenvalue weighted by molar-refractivity contribution is -0.199. The summed E-state index contributed by atoms with van der Waals surface area (Å²) in [6.07, 6.45) is 3.34. The number of carbonyl (C=O) groups is 1. The van der Waals surface area contributed by atoms with Crippen LogP contribution >= 0.6 is 0 Å². The van der Waals surface area contributed by atoms with Crippen LogP contribution in [0.2, 0.25) is 5.82 Å². The normalized spacial score (nSPS) is 39.0. The van der Waals surface area contributed by atoms with Crippen LogP contribution in [0.3, 0.4) is 0 Å². The third-order valence-electron chi connectivity index (χ3n) is 8.93. The number of hydrogen-bond acceptors (Lipinski definition) is 6. The summed E-state index contributed by atoms with van der Waals surface area (Å²) in [7, 11) is -0.248. The molecule has 7 rings (SSSR count). The molecule has 5 fully saturated rings. The van der Waals surface area contributed by atoms with Gasteiger partial charge in [-0.15, -0.1) is 0 Å². The number of ether oxygens (including phenoxy) is 3. The molecule has 8 heteroatoms. The van der Waals surface area contributed by atoms with Crippen LogP contribution in [0.25, 0.3) is 0 Å². The van der Waals surface area contributed by atoms with Crippen LogP contribution < -0.4 is 9.47 Å². The highest BCUT2D eigenvalue weighted by Gasteiger charge is 2.70. The molecule has 178 valence electrons. The summed E-state index contributed by atoms with van der Waals surface area (Å²) in [6.45, 7) is 9.60. The first-order chi connectivity index (χ1) is 15.5. The first kappa shape index (κ1) is 21.7. The van der Waals surface area contributed by atoms with Crippen molar-refractivity contribution < 1.29 is 32.7 Å². The maximum absolute atomic E-state index is 12.8. The fourth-order valence-corrected chi connectivity index (χ4v) is 6.94. The van der Waals surface area contributed by atoms with Gasteiger partial charge in [-0.2, -0.15) is 0 Å². The van der Waals surface area contributed by atoms with Crippen molar-refractivity contribution in [3.63, 3.8) is 0 Å². The van der Waals surface area contributed by atoms with Gasteiger partial charge >= 0.3 is 13.1 Å². The van der Waals surface area contributed by atoms with Crippen molar-refractivity contribution >= 4 is 13.1 Å². The molecule has 2 aliphatic heterocycles. The lowest BCUT2D eigenvalue weighted by atomic mass is 9.43. The van der Waals surface area contributed by atoms with E-state index >= 15 is 0 Å². The Bertz CT molecular complexity index is 1010. The second kappa shape index (κ2) is 6.88. The van der Waals surface area contributed by atoms with Crippen molar-refractivity contribution in [3.8, 4) is 11.5 Å². The Hall–Kier alpha value is -1.80. The number of cyclic esters (lactones) is 1. The van der Waals surface area contributed by atoms with E-state index < -0.39 is 18.4 Å². The van der Waals surface area contributed by atoms with Gasteiger partial charge in [0, 0.05) is 19.7 Å². The van der Waals surface area contributed by atoms with Gasteiger partial charge in [0.15, 0.2) is 0 Å². The lowest BCUT2D eigenvalue weighted by Crippen LogP contribution is -2.65. The summed E-state index contributed by atoms with van der Waals surface area (Å²) in [5, 5.41) is 0. The minimum Gasteiger partial charge on any atom is -0.490 e. The maximum Gasteiger partial charge on any atom is 0.461 e. The van der Waals surface area contributed by atoms with Gasteiger partial charge in [-0.25, -0.2) is 9.18 Å². The number of carbonyl (C=O) groups excluding carboxylic acids is 1. The number of halogens is 1. The monoisotopic (exact) mass is 458 g/mol. The average molecular weight is 458 g/mol. The minimum absolute atomic E-state index is 0.128. The van der Waals surface area contributed by atoms with Crippen molar-refractivity contribution in [2.24, 2.45) is 17.3 Å². The van der Waals surface area contributed by atoms with Gasteiger partial charge in [-0.3, -0.25) is 0 Å². The van der Waals surface area contributed by atoms with Gasteiger partial charge in [-0.1, -0.05) is 19.9 Å². The molecule has 6 atom stereocenters. The van der Waals surface area contributed by atoms with Crippen molar-refractivity contribution in [2.45, 2.75) is 83.1 Å². The van der Waals surface area contributed by atoms with Crippen LogP contribution in [0.5, 0.6) is 11.5 Å². The van der Waals surface area contributed by atoms with Crippen LogP contribution in [0.1, 0.15) is 75.7 Å². The molecule has 0 radical (unpaired) electrons. The standard InChI is InChI=1S/C25H32BFO6/c1-23(2)13-10-18(23)25(5)19(11-13)32-26(33-25)16-12-15(16)14-6-7-17(29-9-8-27)20-21(14)30-24(3,4)31-22(20)28/h6-7,13,15-16,18-19H,8-12H2,1-5H3/t13?,15?,16?,18?,19?,25-/m0/s1. The van der Waals surface area contributed by atoms with Gasteiger partial charge in [0.25, 0.3) is 0 Å². The van der Waals surface area contributed by atoms with Gasteiger partial charge in [-0.05, 0) is 61.0 Å². The summed E-state index contributed by atoms with van der Waals surface area (Å²) in [6, 6.07) is 3.65. The van der Waals surface area contributed by atoms with Crippen LogP contribution in [0.4, 0.5) is 4.39 Å². The zero-order valence-corrected chi connectivity index (χ0v) is 20.0. The quantitative estimate of drug-likeness (QED) is 0.462. The summed E-state index contributed by atoms with van der Waals surface area (Å²) in [5.74, 6) is 0.771. The Morgan fingerprint density at radius 2 is 1.91 bits per heavy atom. The van der Waals surface area contributed by atoms with E-state index in [2.05, 4.69) is 20.8 Å². The Labute approximate surface area is 194 Å². The largest absolute Gasteiger partial charge is 0.490 e. The Morgan fingerprint density at radius 3 is 2.64 bits per heavy atom. The third kappa shape index (κ3) is 3.09. The number of hydrogen-bond donors (Lipinski definition) is 0. The molecular weight excluding hydrogens is 426 g/mol. The molecule has 0 N–H and O–H groups in total. The number of alkyl halides is 1. The second-order valence-electron chi connectivity index (χ2n) is 11.6. The van der Waals surface area contributed by atoms with E-state index in [-0.39, 0.29) is 48.5 Å². The molecule has 6 aliphatic rings. The predicted molar refractivity (Wildman–Crippen MR) is 119 cm³/mol. The van der Waals surface area contributed by atoms with E-state index in [1.54, 1.807) is 19.9 Å². The summed E-state index contributed by atoms with van der Waals surface area (Å²) >= 11 is 0. The highest BCUT2D eigenvalue weighted by molar-refractivity contribution is 6.49. The Balaban J connectivity index is 1.27. The molecule has 1 aromatic rings. The number of fused-ring (bicyclic) bond motifs is 1. The second-order valence-corrected chi connectivity index (χ2v) is 11.6. The minimum atomic E-state index is -1.09. The SMILES string of the molecule is CC1(C)OC(=O)c2c(OCCF)ccc(C3CC3B3OC4CC5CC(C5(C)C)[C@]4(C)O3)c2O1. The number of benzene rings is 1.